The van der Waals surface area contributed by atoms with E-state index in [1.54, 1.807) is 0 Å². The minimum atomic E-state index is -3.50. The number of aromatic amines is 1. The van der Waals surface area contributed by atoms with Crippen LogP contribution in [0.3, 0.4) is 0 Å². The second-order valence-electron chi connectivity index (χ2n) is 4.14. The molecular weight excluding hydrogens is 228 g/mol. The lowest BCUT2D eigenvalue weighted by molar-refractivity contribution is 0.538. The van der Waals surface area contributed by atoms with Gasteiger partial charge in [-0.05, 0) is 31.7 Å². The van der Waals surface area contributed by atoms with Gasteiger partial charge in [-0.15, -0.1) is 0 Å². The van der Waals surface area contributed by atoms with Gasteiger partial charge in [0.1, 0.15) is 0 Å². The fraction of sp³-hybridized carbons (Fsp3) is 0.500. The van der Waals surface area contributed by atoms with Crippen molar-refractivity contribution in [2.75, 3.05) is 0 Å². The summed E-state index contributed by atoms with van der Waals surface area (Å²) in [4.78, 5) is 13.3. The van der Waals surface area contributed by atoms with Gasteiger partial charge in [0.05, 0.1) is 4.90 Å². The van der Waals surface area contributed by atoms with Gasteiger partial charge in [0, 0.05) is 18.3 Å². The molecule has 1 saturated carbocycles. The molecule has 1 heterocycles. The summed E-state index contributed by atoms with van der Waals surface area (Å²) in [6.07, 6.45) is 3.37. The van der Waals surface area contributed by atoms with Gasteiger partial charge >= 0.3 is 0 Å². The highest BCUT2D eigenvalue weighted by Crippen LogP contribution is 2.32. The zero-order chi connectivity index (χ0) is 11.8. The van der Waals surface area contributed by atoms with E-state index in [4.69, 9.17) is 0 Å². The second kappa shape index (κ2) is 4.03. The first-order valence-electron chi connectivity index (χ1n) is 5.20. The maximum Gasteiger partial charge on any atom is 0.247 e. The number of sulfonamides is 1. The molecule has 0 aliphatic heterocycles. The normalized spacial score (nSPS) is 18.3. The van der Waals surface area contributed by atoms with Crippen molar-refractivity contribution in [2.45, 2.75) is 30.7 Å². The van der Waals surface area contributed by atoms with E-state index in [1.165, 1.54) is 18.3 Å². The van der Waals surface area contributed by atoms with Crippen molar-refractivity contribution in [2.24, 2.45) is 5.92 Å². The molecule has 1 aromatic rings. The number of hydrogen-bond donors (Lipinski definition) is 2. The average Bonchev–Trinajstić information content (AvgIpc) is 3.00. The average molecular weight is 242 g/mol. The molecule has 0 bridgehead atoms. The Hall–Kier alpha value is -1.14. The standard InChI is InChI=1S/C10H14N2O3S/c1-7(8-2-3-8)12-16(14,15)9-4-5-10(13)11-6-9/h4-8,12H,2-3H2,1H3,(H,11,13). The van der Waals surface area contributed by atoms with Crippen LogP contribution in [-0.4, -0.2) is 19.4 Å². The molecule has 1 unspecified atom stereocenters. The van der Waals surface area contributed by atoms with Gasteiger partial charge in [0.25, 0.3) is 0 Å². The zero-order valence-corrected chi connectivity index (χ0v) is 9.75. The van der Waals surface area contributed by atoms with E-state index < -0.39 is 10.0 Å². The molecule has 2 N–H and O–H groups in total. The van der Waals surface area contributed by atoms with Crippen LogP contribution in [-0.2, 0) is 10.0 Å². The Bertz CT molecular complexity index is 511. The Morgan fingerprint density at radius 1 is 1.44 bits per heavy atom. The van der Waals surface area contributed by atoms with Crippen molar-refractivity contribution in [1.82, 2.24) is 9.71 Å². The molecule has 1 aliphatic rings. The number of pyridine rings is 1. The largest absolute Gasteiger partial charge is 0.328 e. The van der Waals surface area contributed by atoms with E-state index >= 15 is 0 Å². The predicted octanol–water partition coefficient (Wildman–Crippen LogP) is 0.452. The molecule has 5 nitrogen and oxygen atoms in total. The quantitative estimate of drug-likeness (QED) is 0.804. The van der Waals surface area contributed by atoms with Gasteiger partial charge in [-0.1, -0.05) is 0 Å². The minimum Gasteiger partial charge on any atom is -0.328 e. The van der Waals surface area contributed by atoms with Crippen molar-refractivity contribution in [3.05, 3.63) is 28.7 Å². The second-order valence-corrected chi connectivity index (χ2v) is 5.85. The van der Waals surface area contributed by atoms with Crippen LogP contribution in [0.2, 0.25) is 0 Å². The van der Waals surface area contributed by atoms with Gasteiger partial charge in [-0.3, -0.25) is 4.79 Å². The third-order valence-corrected chi connectivity index (χ3v) is 4.29. The van der Waals surface area contributed by atoms with E-state index in [0.717, 1.165) is 12.8 Å². The van der Waals surface area contributed by atoms with E-state index in [0.29, 0.717) is 5.92 Å². The maximum atomic E-state index is 11.9. The van der Waals surface area contributed by atoms with Crippen LogP contribution < -0.4 is 10.3 Å². The molecule has 1 aromatic heterocycles. The van der Waals surface area contributed by atoms with E-state index in [1.807, 2.05) is 6.92 Å². The van der Waals surface area contributed by atoms with Crippen LogP contribution in [0.15, 0.2) is 28.0 Å². The summed E-state index contributed by atoms with van der Waals surface area (Å²) in [6.45, 7) is 1.86. The number of rotatable bonds is 4. The molecular formula is C10H14N2O3S. The van der Waals surface area contributed by atoms with Crippen molar-refractivity contribution in [3.8, 4) is 0 Å². The van der Waals surface area contributed by atoms with E-state index in [9.17, 15) is 13.2 Å². The highest BCUT2D eigenvalue weighted by atomic mass is 32.2. The van der Waals surface area contributed by atoms with Crippen LogP contribution >= 0.6 is 0 Å². The number of aromatic nitrogens is 1. The summed E-state index contributed by atoms with van der Waals surface area (Å²) >= 11 is 0. The third kappa shape index (κ3) is 2.51. The molecule has 0 radical (unpaired) electrons. The van der Waals surface area contributed by atoms with Gasteiger partial charge in [0.15, 0.2) is 0 Å². The Balaban J connectivity index is 2.17. The Labute approximate surface area is 93.9 Å². The Kier molecular flexibility index (Phi) is 2.86. The van der Waals surface area contributed by atoms with Crippen molar-refractivity contribution in [1.29, 1.82) is 0 Å². The van der Waals surface area contributed by atoms with E-state index in [2.05, 4.69) is 9.71 Å². The molecule has 0 saturated heterocycles. The first-order valence-corrected chi connectivity index (χ1v) is 6.68. The molecule has 88 valence electrons. The Morgan fingerprint density at radius 3 is 2.62 bits per heavy atom. The smallest absolute Gasteiger partial charge is 0.247 e. The fourth-order valence-corrected chi connectivity index (χ4v) is 2.85. The molecule has 0 spiro atoms. The van der Waals surface area contributed by atoms with Crippen LogP contribution in [0.4, 0.5) is 0 Å². The highest BCUT2D eigenvalue weighted by Gasteiger charge is 2.31. The van der Waals surface area contributed by atoms with Gasteiger partial charge < -0.3 is 4.98 Å². The summed E-state index contributed by atoms with van der Waals surface area (Å²) in [5.74, 6) is 0.456. The van der Waals surface area contributed by atoms with Gasteiger partial charge in [-0.25, -0.2) is 13.1 Å². The predicted molar refractivity (Wildman–Crippen MR) is 59.6 cm³/mol. The third-order valence-electron chi connectivity index (χ3n) is 2.74. The first kappa shape index (κ1) is 11.3. The van der Waals surface area contributed by atoms with E-state index in [-0.39, 0.29) is 16.5 Å². The molecule has 1 fully saturated rings. The summed E-state index contributed by atoms with van der Waals surface area (Å²) < 4.78 is 26.3. The Morgan fingerprint density at radius 2 is 2.12 bits per heavy atom. The van der Waals surface area contributed by atoms with Crippen LogP contribution in [0.25, 0.3) is 0 Å². The van der Waals surface area contributed by atoms with Crippen LogP contribution in [0.1, 0.15) is 19.8 Å². The summed E-state index contributed by atoms with van der Waals surface area (Å²) in [7, 11) is -3.50. The first-order chi connectivity index (χ1) is 7.49. The summed E-state index contributed by atoms with van der Waals surface area (Å²) in [6, 6.07) is 2.47. The lowest BCUT2D eigenvalue weighted by Gasteiger charge is -2.12. The minimum absolute atomic E-state index is 0.0445. The van der Waals surface area contributed by atoms with Gasteiger partial charge in [0.2, 0.25) is 15.6 Å². The molecule has 0 aromatic carbocycles. The maximum absolute atomic E-state index is 11.9. The van der Waals surface area contributed by atoms with Gasteiger partial charge in [-0.2, -0.15) is 0 Å². The summed E-state index contributed by atoms with van der Waals surface area (Å²) in [5.41, 5.74) is -0.311. The number of hydrogen-bond acceptors (Lipinski definition) is 3. The fourth-order valence-electron chi connectivity index (χ4n) is 1.57. The molecule has 0 amide bonds. The molecule has 2 rings (SSSR count). The zero-order valence-electron chi connectivity index (χ0n) is 8.93. The molecule has 6 heteroatoms. The van der Waals surface area contributed by atoms with Crippen LogP contribution in [0.5, 0.6) is 0 Å². The molecule has 1 atom stereocenters. The monoisotopic (exact) mass is 242 g/mol. The topological polar surface area (TPSA) is 79.0 Å². The lowest BCUT2D eigenvalue weighted by atomic mass is 10.2. The van der Waals surface area contributed by atoms with Crippen molar-refractivity contribution >= 4 is 10.0 Å². The lowest BCUT2D eigenvalue weighted by Crippen LogP contribution is -2.34. The number of H-pyrrole nitrogens is 1. The SMILES string of the molecule is CC(NS(=O)(=O)c1ccc(=O)[nH]c1)C1CC1. The van der Waals surface area contributed by atoms with Crippen molar-refractivity contribution < 1.29 is 8.42 Å². The van der Waals surface area contributed by atoms with Crippen LogP contribution in [0, 0.1) is 5.92 Å². The van der Waals surface area contributed by atoms with Crippen molar-refractivity contribution in [3.63, 3.8) is 0 Å². The number of nitrogens with one attached hydrogen (secondary N) is 2. The highest BCUT2D eigenvalue weighted by molar-refractivity contribution is 7.89. The summed E-state index contributed by atoms with van der Waals surface area (Å²) in [5, 5.41) is 0. The molecule has 1 aliphatic carbocycles. The molecule has 16 heavy (non-hydrogen) atoms.